The van der Waals surface area contributed by atoms with Crippen LogP contribution in [0, 0.1) is 11.7 Å². The minimum Gasteiger partial charge on any atom is -0.495 e. The second kappa shape index (κ2) is 8.52. The zero-order chi connectivity index (χ0) is 21.3. The Hall–Kier alpha value is -2.80. The quantitative estimate of drug-likeness (QED) is 0.789. The van der Waals surface area contributed by atoms with E-state index in [2.05, 4.69) is 10.2 Å². The lowest BCUT2D eigenvalue weighted by atomic mass is 10.1. The molecule has 2 saturated heterocycles. The molecule has 2 aliphatic rings. The number of amides is 2. The standard InChI is InChI=1S/C22H23ClFN3O3/c1-30-20-7-6-15(23)11-19(20)26-9-8-16(13-26)25-22(29)14-10-21(28)27(12-14)18-5-3-2-4-17(18)24/h2-7,11,14,16H,8-10,12-13H2,1H3,(H,25,29). The summed E-state index contributed by atoms with van der Waals surface area (Å²) in [6.07, 6.45) is 0.859. The van der Waals surface area contributed by atoms with Gasteiger partial charge in [-0.2, -0.15) is 0 Å². The van der Waals surface area contributed by atoms with Crippen molar-refractivity contribution in [1.29, 1.82) is 0 Å². The van der Waals surface area contributed by atoms with E-state index in [1.165, 1.54) is 11.0 Å². The third-order valence-corrected chi connectivity index (χ3v) is 5.89. The SMILES string of the molecule is COc1ccc(Cl)cc1N1CCC(NC(=O)C2CC(=O)N(c3ccccc3F)C2)C1. The van der Waals surface area contributed by atoms with Gasteiger partial charge in [-0.15, -0.1) is 0 Å². The second-order valence-corrected chi connectivity index (χ2v) is 8.05. The van der Waals surface area contributed by atoms with Crippen LogP contribution in [0.15, 0.2) is 42.5 Å². The number of para-hydroxylation sites is 1. The fourth-order valence-corrected chi connectivity index (χ4v) is 4.28. The summed E-state index contributed by atoms with van der Waals surface area (Å²) in [6, 6.07) is 11.5. The smallest absolute Gasteiger partial charge is 0.227 e. The fraction of sp³-hybridized carbons (Fsp3) is 0.364. The van der Waals surface area contributed by atoms with Crippen molar-refractivity contribution in [3.8, 4) is 5.75 Å². The van der Waals surface area contributed by atoms with E-state index in [0.717, 1.165) is 24.4 Å². The van der Waals surface area contributed by atoms with E-state index in [1.54, 1.807) is 31.4 Å². The normalized spacial score (nSPS) is 21.2. The first kappa shape index (κ1) is 20.5. The predicted molar refractivity (Wildman–Crippen MR) is 114 cm³/mol. The number of halogens is 2. The summed E-state index contributed by atoms with van der Waals surface area (Å²) in [7, 11) is 1.61. The third kappa shape index (κ3) is 4.07. The van der Waals surface area contributed by atoms with E-state index < -0.39 is 11.7 Å². The van der Waals surface area contributed by atoms with Crippen molar-refractivity contribution in [2.45, 2.75) is 18.9 Å². The largest absolute Gasteiger partial charge is 0.495 e. The molecule has 2 fully saturated rings. The van der Waals surface area contributed by atoms with Gasteiger partial charge in [0.25, 0.3) is 0 Å². The Labute approximate surface area is 179 Å². The van der Waals surface area contributed by atoms with Gasteiger partial charge in [0.1, 0.15) is 11.6 Å². The zero-order valence-corrected chi connectivity index (χ0v) is 17.4. The molecule has 30 heavy (non-hydrogen) atoms. The first-order valence-electron chi connectivity index (χ1n) is 9.90. The van der Waals surface area contributed by atoms with Crippen LogP contribution in [0.2, 0.25) is 5.02 Å². The summed E-state index contributed by atoms with van der Waals surface area (Å²) in [6.45, 7) is 1.57. The molecule has 0 bridgehead atoms. The van der Waals surface area contributed by atoms with Gasteiger partial charge >= 0.3 is 0 Å². The molecule has 6 nitrogen and oxygen atoms in total. The molecule has 2 unspecified atom stereocenters. The monoisotopic (exact) mass is 431 g/mol. The van der Waals surface area contributed by atoms with Crippen LogP contribution in [0.1, 0.15) is 12.8 Å². The Morgan fingerprint density at radius 3 is 2.77 bits per heavy atom. The van der Waals surface area contributed by atoms with E-state index in [1.807, 2.05) is 12.1 Å². The summed E-state index contributed by atoms with van der Waals surface area (Å²) in [5, 5.41) is 3.67. The summed E-state index contributed by atoms with van der Waals surface area (Å²) >= 11 is 6.13. The van der Waals surface area contributed by atoms with Gasteiger partial charge in [0.2, 0.25) is 11.8 Å². The maximum Gasteiger partial charge on any atom is 0.227 e. The minimum atomic E-state index is -0.494. The lowest BCUT2D eigenvalue weighted by Crippen LogP contribution is -2.41. The topological polar surface area (TPSA) is 61.9 Å². The molecule has 2 heterocycles. The first-order chi connectivity index (χ1) is 14.5. The molecule has 0 aromatic heterocycles. The van der Waals surface area contributed by atoms with Crippen LogP contribution in [0.5, 0.6) is 5.75 Å². The van der Waals surface area contributed by atoms with E-state index in [-0.39, 0.29) is 36.5 Å². The van der Waals surface area contributed by atoms with Gasteiger partial charge in [-0.1, -0.05) is 23.7 Å². The molecule has 1 N–H and O–H groups in total. The molecule has 2 aromatic carbocycles. The summed E-state index contributed by atoms with van der Waals surface area (Å²) < 4.78 is 19.5. The molecule has 0 spiro atoms. The second-order valence-electron chi connectivity index (χ2n) is 7.61. The zero-order valence-electron chi connectivity index (χ0n) is 16.6. The first-order valence-corrected chi connectivity index (χ1v) is 10.3. The van der Waals surface area contributed by atoms with Crippen LogP contribution in [0.4, 0.5) is 15.8 Å². The number of benzene rings is 2. The van der Waals surface area contributed by atoms with Gasteiger partial charge in [0.05, 0.1) is 24.4 Å². The van der Waals surface area contributed by atoms with Crippen LogP contribution >= 0.6 is 11.6 Å². The lowest BCUT2D eigenvalue weighted by molar-refractivity contribution is -0.126. The van der Waals surface area contributed by atoms with Crippen molar-refractivity contribution in [3.63, 3.8) is 0 Å². The highest BCUT2D eigenvalue weighted by molar-refractivity contribution is 6.31. The molecular weight excluding hydrogens is 409 g/mol. The molecule has 2 aliphatic heterocycles. The number of anilines is 2. The number of hydrogen-bond acceptors (Lipinski definition) is 4. The van der Waals surface area contributed by atoms with Gasteiger partial charge in [-0.3, -0.25) is 9.59 Å². The molecule has 2 atom stereocenters. The Bertz CT molecular complexity index is 970. The van der Waals surface area contributed by atoms with Crippen molar-refractivity contribution >= 4 is 34.8 Å². The van der Waals surface area contributed by atoms with Crippen molar-refractivity contribution in [3.05, 3.63) is 53.3 Å². The Morgan fingerprint density at radius 1 is 1.20 bits per heavy atom. The maximum atomic E-state index is 14.0. The number of rotatable bonds is 5. The highest BCUT2D eigenvalue weighted by atomic mass is 35.5. The number of ether oxygens (including phenoxy) is 1. The lowest BCUT2D eigenvalue weighted by Gasteiger charge is -2.22. The highest BCUT2D eigenvalue weighted by Gasteiger charge is 2.37. The average molecular weight is 432 g/mol. The van der Waals surface area contributed by atoms with Crippen molar-refractivity contribution in [2.75, 3.05) is 36.5 Å². The molecule has 2 aromatic rings. The predicted octanol–water partition coefficient (Wildman–Crippen LogP) is 3.24. The van der Waals surface area contributed by atoms with Gasteiger partial charge in [0, 0.05) is 37.1 Å². The van der Waals surface area contributed by atoms with E-state index >= 15 is 0 Å². The third-order valence-electron chi connectivity index (χ3n) is 5.66. The molecule has 2 amide bonds. The van der Waals surface area contributed by atoms with E-state index in [0.29, 0.717) is 11.6 Å². The average Bonchev–Trinajstić information content (AvgIpc) is 3.35. The van der Waals surface area contributed by atoms with Gasteiger partial charge < -0.3 is 19.9 Å². The molecular formula is C22H23ClFN3O3. The Morgan fingerprint density at radius 2 is 2.00 bits per heavy atom. The number of carbonyl (C=O) groups excluding carboxylic acids is 2. The number of nitrogens with one attached hydrogen (secondary N) is 1. The fourth-order valence-electron chi connectivity index (χ4n) is 4.11. The molecule has 0 radical (unpaired) electrons. The maximum absolute atomic E-state index is 14.0. The molecule has 8 heteroatoms. The Kier molecular flexibility index (Phi) is 5.81. The van der Waals surface area contributed by atoms with Gasteiger partial charge in [0.15, 0.2) is 0 Å². The minimum absolute atomic E-state index is 0.0428. The summed E-state index contributed by atoms with van der Waals surface area (Å²) in [5.41, 5.74) is 1.11. The summed E-state index contributed by atoms with van der Waals surface area (Å²) in [5.74, 6) is -0.641. The van der Waals surface area contributed by atoms with Crippen LogP contribution < -0.4 is 19.9 Å². The Balaban J connectivity index is 1.38. The van der Waals surface area contributed by atoms with Crippen LogP contribution in [0.25, 0.3) is 0 Å². The van der Waals surface area contributed by atoms with Crippen LogP contribution in [-0.4, -0.2) is 44.6 Å². The van der Waals surface area contributed by atoms with Crippen LogP contribution in [-0.2, 0) is 9.59 Å². The van der Waals surface area contributed by atoms with Crippen molar-refractivity contribution in [1.82, 2.24) is 5.32 Å². The van der Waals surface area contributed by atoms with Crippen LogP contribution in [0.3, 0.4) is 0 Å². The molecule has 158 valence electrons. The van der Waals surface area contributed by atoms with E-state index in [4.69, 9.17) is 16.3 Å². The number of methoxy groups -OCH3 is 1. The molecule has 4 rings (SSSR count). The summed E-state index contributed by atoms with van der Waals surface area (Å²) in [4.78, 5) is 28.6. The highest BCUT2D eigenvalue weighted by Crippen LogP contribution is 2.33. The number of carbonyl (C=O) groups is 2. The molecule has 0 aliphatic carbocycles. The number of nitrogens with zero attached hydrogens (tertiary/aromatic N) is 2. The molecule has 0 saturated carbocycles. The van der Waals surface area contributed by atoms with Gasteiger partial charge in [-0.05, 0) is 36.8 Å². The number of hydrogen-bond donors (Lipinski definition) is 1. The van der Waals surface area contributed by atoms with Gasteiger partial charge in [-0.25, -0.2) is 4.39 Å². The van der Waals surface area contributed by atoms with Crippen molar-refractivity contribution < 1.29 is 18.7 Å². The van der Waals surface area contributed by atoms with E-state index in [9.17, 15) is 14.0 Å². The van der Waals surface area contributed by atoms with Crippen molar-refractivity contribution in [2.24, 2.45) is 5.92 Å².